The summed E-state index contributed by atoms with van der Waals surface area (Å²) in [4.78, 5) is 6.80. The smallest absolute Gasteiger partial charge is 0.191 e. The van der Waals surface area contributed by atoms with Crippen LogP contribution in [0.4, 0.5) is 0 Å². The van der Waals surface area contributed by atoms with Crippen LogP contribution in [0.1, 0.15) is 11.6 Å². The molecular weight excluding hydrogens is 356 g/mol. The lowest BCUT2D eigenvalue weighted by Gasteiger charge is -2.35. The molecule has 1 unspecified atom stereocenters. The Kier molecular flexibility index (Phi) is 7.69. The monoisotopic (exact) mass is 386 g/mol. The third-order valence-electron chi connectivity index (χ3n) is 4.87. The molecule has 0 aliphatic carbocycles. The predicted octanol–water partition coefficient (Wildman–Crippen LogP) is 1.13. The van der Waals surface area contributed by atoms with Crippen molar-refractivity contribution in [2.45, 2.75) is 12.6 Å². The van der Waals surface area contributed by atoms with E-state index in [2.05, 4.69) is 37.8 Å². The first-order valence-electron chi connectivity index (χ1n) is 9.68. The largest absolute Gasteiger partial charge is 0.497 e. The molecule has 28 heavy (non-hydrogen) atoms. The highest BCUT2D eigenvalue weighted by Crippen LogP contribution is 2.23. The van der Waals surface area contributed by atoms with Crippen molar-refractivity contribution in [3.8, 4) is 5.75 Å². The van der Waals surface area contributed by atoms with Gasteiger partial charge in [-0.1, -0.05) is 12.1 Å². The Labute approximate surface area is 166 Å². The predicted molar refractivity (Wildman–Crippen MR) is 110 cm³/mol. The molecule has 1 aromatic carbocycles. The second kappa shape index (κ2) is 10.7. The quantitative estimate of drug-likeness (QED) is 0.523. The molecule has 2 heterocycles. The Bertz CT molecular complexity index is 711. The van der Waals surface area contributed by atoms with Crippen molar-refractivity contribution in [3.63, 3.8) is 0 Å². The number of ether oxygens (including phenoxy) is 2. The van der Waals surface area contributed by atoms with Gasteiger partial charge in [-0.2, -0.15) is 5.10 Å². The van der Waals surface area contributed by atoms with Gasteiger partial charge in [-0.05, 0) is 23.8 Å². The van der Waals surface area contributed by atoms with E-state index in [1.807, 2.05) is 29.1 Å². The Hall–Kier alpha value is -2.58. The van der Waals surface area contributed by atoms with E-state index in [-0.39, 0.29) is 6.04 Å². The van der Waals surface area contributed by atoms with Crippen LogP contribution in [0.5, 0.6) is 5.75 Å². The van der Waals surface area contributed by atoms with Crippen LogP contribution in [-0.2, 0) is 11.3 Å². The molecule has 8 heteroatoms. The number of methoxy groups -OCH3 is 1. The number of nitrogens with one attached hydrogen (secondary N) is 2. The maximum atomic E-state index is 5.53. The molecule has 2 N–H and O–H groups in total. The molecule has 1 fully saturated rings. The van der Waals surface area contributed by atoms with Gasteiger partial charge in [0.2, 0.25) is 0 Å². The summed E-state index contributed by atoms with van der Waals surface area (Å²) < 4.78 is 12.7. The molecule has 1 aliphatic rings. The van der Waals surface area contributed by atoms with Crippen LogP contribution < -0.4 is 15.4 Å². The molecule has 152 valence electrons. The highest BCUT2D eigenvalue weighted by atomic mass is 16.5. The van der Waals surface area contributed by atoms with E-state index in [4.69, 9.17) is 9.47 Å². The number of guanidine groups is 1. The Morgan fingerprint density at radius 3 is 2.68 bits per heavy atom. The summed E-state index contributed by atoms with van der Waals surface area (Å²) in [7, 11) is 3.48. The van der Waals surface area contributed by atoms with E-state index in [1.54, 1.807) is 20.4 Å². The average molecular weight is 387 g/mol. The summed E-state index contributed by atoms with van der Waals surface area (Å²) in [6, 6.07) is 10.5. The number of hydrogen-bond donors (Lipinski definition) is 2. The van der Waals surface area contributed by atoms with Crippen LogP contribution in [0.2, 0.25) is 0 Å². The van der Waals surface area contributed by atoms with Gasteiger partial charge in [-0.25, -0.2) is 0 Å². The molecule has 0 spiro atoms. The van der Waals surface area contributed by atoms with Gasteiger partial charge in [0, 0.05) is 45.6 Å². The number of aliphatic imine (C=N–C) groups is 1. The molecule has 1 atom stereocenters. The lowest BCUT2D eigenvalue weighted by molar-refractivity contribution is 0.0170. The molecule has 0 amide bonds. The summed E-state index contributed by atoms with van der Waals surface area (Å²) in [6.45, 7) is 5.68. The van der Waals surface area contributed by atoms with Gasteiger partial charge in [0.15, 0.2) is 5.96 Å². The Morgan fingerprint density at radius 2 is 2.04 bits per heavy atom. The highest BCUT2D eigenvalue weighted by molar-refractivity contribution is 5.79. The van der Waals surface area contributed by atoms with Crippen molar-refractivity contribution in [2.24, 2.45) is 4.99 Å². The number of morpholine rings is 1. The summed E-state index contributed by atoms with van der Waals surface area (Å²) >= 11 is 0. The minimum absolute atomic E-state index is 0.236. The van der Waals surface area contributed by atoms with Crippen LogP contribution in [-0.4, -0.2) is 74.2 Å². The van der Waals surface area contributed by atoms with E-state index in [0.29, 0.717) is 0 Å². The molecule has 1 aliphatic heterocycles. The third-order valence-corrected chi connectivity index (χ3v) is 4.87. The van der Waals surface area contributed by atoms with Crippen LogP contribution in [0.15, 0.2) is 47.7 Å². The maximum absolute atomic E-state index is 5.53. The maximum Gasteiger partial charge on any atom is 0.191 e. The first-order valence-corrected chi connectivity index (χ1v) is 9.68. The zero-order chi connectivity index (χ0) is 19.6. The minimum atomic E-state index is 0.236. The second-order valence-corrected chi connectivity index (χ2v) is 6.59. The molecule has 3 rings (SSSR count). The number of hydrogen-bond acceptors (Lipinski definition) is 5. The van der Waals surface area contributed by atoms with Gasteiger partial charge < -0.3 is 20.1 Å². The molecule has 0 radical (unpaired) electrons. The fourth-order valence-electron chi connectivity index (χ4n) is 3.31. The second-order valence-electron chi connectivity index (χ2n) is 6.59. The number of nitrogens with zero attached hydrogens (tertiary/aromatic N) is 4. The first-order chi connectivity index (χ1) is 13.8. The normalized spacial score (nSPS) is 16.6. The summed E-state index contributed by atoms with van der Waals surface area (Å²) in [6.07, 6.45) is 3.74. The fourth-order valence-corrected chi connectivity index (χ4v) is 3.31. The molecule has 0 saturated carbocycles. The van der Waals surface area contributed by atoms with Gasteiger partial charge in [0.1, 0.15) is 5.75 Å². The van der Waals surface area contributed by atoms with E-state index in [0.717, 1.165) is 57.6 Å². The van der Waals surface area contributed by atoms with E-state index < -0.39 is 0 Å². The molecule has 8 nitrogen and oxygen atoms in total. The average Bonchev–Trinajstić information content (AvgIpc) is 3.27. The van der Waals surface area contributed by atoms with Crippen molar-refractivity contribution in [2.75, 3.05) is 53.6 Å². The van der Waals surface area contributed by atoms with Crippen LogP contribution in [0, 0.1) is 0 Å². The zero-order valence-electron chi connectivity index (χ0n) is 16.7. The number of benzene rings is 1. The van der Waals surface area contributed by atoms with Crippen molar-refractivity contribution >= 4 is 5.96 Å². The van der Waals surface area contributed by atoms with Crippen LogP contribution >= 0.6 is 0 Å². The third kappa shape index (κ3) is 5.71. The van der Waals surface area contributed by atoms with Gasteiger partial charge in [0.25, 0.3) is 0 Å². The van der Waals surface area contributed by atoms with E-state index in [1.165, 1.54) is 5.56 Å². The molecule has 1 saturated heterocycles. The SMILES string of the molecule is CN=C(NCCn1cccn1)NCC(c1ccc(OC)cc1)N1CCOCC1. The van der Waals surface area contributed by atoms with Crippen molar-refractivity contribution < 1.29 is 9.47 Å². The first kappa shape index (κ1) is 20.2. The number of aromatic nitrogens is 2. The minimum Gasteiger partial charge on any atom is -0.497 e. The van der Waals surface area contributed by atoms with E-state index >= 15 is 0 Å². The molecule has 0 bridgehead atoms. The molecular formula is C20H30N6O2. The van der Waals surface area contributed by atoms with Gasteiger partial charge in [-0.15, -0.1) is 0 Å². The topological polar surface area (TPSA) is 75.9 Å². The fraction of sp³-hybridized carbons (Fsp3) is 0.500. The van der Waals surface area contributed by atoms with Gasteiger partial charge >= 0.3 is 0 Å². The standard InChI is InChI=1S/C20H30N6O2/c1-21-20(22-9-11-26-10-3-8-24-26)23-16-19(25-12-14-28-15-13-25)17-4-6-18(27-2)7-5-17/h3-8,10,19H,9,11-16H2,1-2H3,(H2,21,22,23). The van der Waals surface area contributed by atoms with Crippen LogP contribution in [0.25, 0.3) is 0 Å². The van der Waals surface area contributed by atoms with Crippen molar-refractivity contribution in [3.05, 3.63) is 48.3 Å². The summed E-state index contributed by atoms with van der Waals surface area (Å²) in [5, 5.41) is 11.0. The Morgan fingerprint density at radius 1 is 1.25 bits per heavy atom. The van der Waals surface area contributed by atoms with Crippen molar-refractivity contribution in [1.29, 1.82) is 0 Å². The summed E-state index contributed by atoms with van der Waals surface area (Å²) in [5.41, 5.74) is 1.25. The zero-order valence-corrected chi connectivity index (χ0v) is 16.7. The van der Waals surface area contributed by atoms with Crippen molar-refractivity contribution in [1.82, 2.24) is 25.3 Å². The molecule has 1 aromatic heterocycles. The number of rotatable bonds is 8. The molecule has 2 aromatic rings. The van der Waals surface area contributed by atoms with Gasteiger partial charge in [0.05, 0.1) is 32.9 Å². The van der Waals surface area contributed by atoms with E-state index in [9.17, 15) is 0 Å². The van der Waals surface area contributed by atoms with Crippen LogP contribution in [0.3, 0.4) is 0 Å². The van der Waals surface area contributed by atoms with Gasteiger partial charge in [-0.3, -0.25) is 14.6 Å². The lowest BCUT2D eigenvalue weighted by atomic mass is 10.0. The Balaban J connectivity index is 1.59. The summed E-state index contributed by atoms with van der Waals surface area (Å²) in [5.74, 6) is 1.66. The highest BCUT2D eigenvalue weighted by Gasteiger charge is 2.23. The lowest BCUT2D eigenvalue weighted by Crippen LogP contribution is -2.46.